The van der Waals surface area contributed by atoms with Crippen molar-refractivity contribution in [2.24, 2.45) is 0 Å². The summed E-state index contributed by atoms with van der Waals surface area (Å²) in [5.41, 5.74) is 0.532. The van der Waals surface area contributed by atoms with Gasteiger partial charge >= 0.3 is 5.97 Å². The van der Waals surface area contributed by atoms with Crippen molar-refractivity contribution in [2.45, 2.75) is 13.0 Å². The van der Waals surface area contributed by atoms with Crippen LogP contribution >= 0.6 is 11.6 Å². The molecule has 0 saturated heterocycles. The zero-order valence-electron chi connectivity index (χ0n) is 13.3. The Morgan fingerprint density at radius 3 is 2.80 bits per heavy atom. The number of aliphatic carboxylic acids is 1. The Bertz CT molecular complexity index is 994. The third-order valence-electron chi connectivity index (χ3n) is 3.69. The molecule has 6 nitrogen and oxygen atoms in total. The highest BCUT2D eigenvalue weighted by Gasteiger charge is 2.12. The van der Waals surface area contributed by atoms with Gasteiger partial charge in [0.25, 0.3) is 0 Å². The summed E-state index contributed by atoms with van der Waals surface area (Å²) in [4.78, 5) is 23.2. The average molecular weight is 363 g/mol. The van der Waals surface area contributed by atoms with Crippen LogP contribution in [0.5, 0.6) is 5.75 Å². The summed E-state index contributed by atoms with van der Waals surface area (Å²) >= 11 is 6.10. The SMILES string of the molecule is CC(OCCOc1ccc2c(=O)c3cccc(Cl)c3oc2c1)C(=O)O. The van der Waals surface area contributed by atoms with Crippen molar-refractivity contribution in [3.63, 3.8) is 0 Å². The van der Waals surface area contributed by atoms with Crippen LogP contribution in [0.15, 0.2) is 45.6 Å². The predicted octanol–water partition coefficient (Wildman–Crippen LogP) is 3.47. The molecule has 0 aliphatic heterocycles. The normalized spacial score (nSPS) is 12.4. The summed E-state index contributed by atoms with van der Waals surface area (Å²) in [5.74, 6) is -0.551. The molecule has 0 aliphatic rings. The van der Waals surface area contributed by atoms with Gasteiger partial charge < -0.3 is 19.0 Å². The van der Waals surface area contributed by atoms with E-state index in [4.69, 9.17) is 30.6 Å². The molecule has 0 bridgehead atoms. The number of carbonyl (C=O) groups is 1. The second-order valence-electron chi connectivity index (χ2n) is 5.41. The molecular formula is C18H15ClO6. The molecule has 1 atom stereocenters. The fourth-order valence-electron chi connectivity index (χ4n) is 2.37. The standard InChI is InChI=1S/C18H15ClO6/c1-10(18(21)22)23-7-8-24-11-5-6-12-15(9-11)25-17-13(16(12)20)3-2-4-14(17)19/h2-6,9-10H,7-8H2,1H3,(H,21,22). The Morgan fingerprint density at radius 2 is 2.04 bits per heavy atom. The van der Waals surface area contributed by atoms with Crippen LogP contribution in [0.1, 0.15) is 6.92 Å². The highest BCUT2D eigenvalue weighted by Crippen LogP contribution is 2.27. The lowest BCUT2D eigenvalue weighted by Crippen LogP contribution is -2.22. The molecule has 0 radical (unpaired) electrons. The third kappa shape index (κ3) is 3.60. The average Bonchev–Trinajstić information content (AvgIpc) is 2.59. The number of carboxylic acids is 1. The van der Waals surface area contributed by atoms with Gasteiger partial charge in [0.15, 0.2) is 11.7 Å². The van der Waals surface area contributed by atoms with Gasteiger partial charge in [-0.1, -0.05) is 17.7 Å². The van der Waals surface area contributed by atoms with Crippen molar-refractivity contribution in [3.05, 3.63) is 51.6 Å². The second-order valence-corrected chi connectivity index (χ2v) is 5.81. The molecule has 25 heavy (non-hydrogen) atoms. The van der Waals surface area contributed by atoms with E-state index >= 15 is 0 Å². The quantitative estimate of drug-likeness (QED) is 0.533. The minimum Gasteiger partial charge on any atom is -0.491 e. The zero-order chi connectivity index (χ0) is 18.0. The topological polar surface area (TPSA) is 86.0 Å². The molecule has 3 aromatic rings. The molecule has 1 unspecified atom stereocenters. The highest BCUT2D eigenvalue weighted by atomic mass is 35.5. The van der Waals surface area contributed by atoms with E-state index in [1.807, 2.05) is 0 Å². The lowest BCUT2D eigenvalue weighted by Gasteiger charge is -2.10. The number of hydrogen-bond acceptors (Lipinski definition) is 5. The van der Waals surface area contributed by atoms with E-state index in [2.05, 4.69) is 0 Å². The van der Waals surface area contributed by atoms with Gasteiger partial charge in [-0.15, -0.1) is 0 Å². The Hall–Kier alpha value is -2.57. The Labute approximate surface area is 147 Å². The van der Waals surface area contributed by atoms with Gasteiger partial charge in [0, 0.05) is 6.07 Å². The van der Waals surface area contributed by atoms with Crippen LogP contribution < -0.4 is 10.2 Å². The van der Waals surface area contributed by atoms with Crippen LogP contribution in [0.2, 0.25) is 5.02 Å². The molecule has 0 amide bonds. The second kappa shape index (κ2) is 7.13. The van der Waals surface area contributed by atoms with E-state index in [0.717, 1.165) is 0 Å². The first kappa shape index (κ1) is 17.3. The highest BCUT2D eigenvalue weighted by molar-refractivity contribution is 6.34. The summed E-state index contributed by atoms with van der Waals surface area (Å²) in [6.45, 7) is 1.74. The summed E-state index contributed by atoms with van der Waals surface area (Å²) in [6.07, 6.45) is -0.897. The molecule has 1 N–H and O–H groups in total. The van der Waals surface area contributed by atoms with Gasteiger partial charge in [0.1, 0.15) is 17.9 Å². The summed E-state index contributed by atoms with van der Waals surface area (Å²) in [6, 6.07) is 9.88. The fraction of sp³-hybridized carbons (Fsp3) is 0.222. The fourth-order valence-corrected chi connectivity index (χ4v) is 2.58. The van der Waals surface area contributed by atoms with E-state index in [1.165, 1.54) is 6.92 Å². The first-order chi connectivity index (χ1) is 12.0. The van der Waals surface area contributed by atoms with Crippen molar-refractivity contribution in [3.8, 4) is 5.75 Å². The maximum atomic E-state index is 12.5. The van der Waals surface area contributed by atoms with Gasteiger partial charge in [-0.05, 0) is 31.2 Å². The number of halogens is 1. The smallest absolute Gasteiger partial charge is 0.332 e. The lowest BCUT2D eigenvalue weighted by atomic mass is 10.1. The first-order valence-corrected chi connectivity index (χ1v) is 7.97. The van der Waals surface area contributed by atoms with Crippen LogP contribution in [0.25, 0.3) is 21.9 Å². The number of benzene rings is 2. The molecule has 7 heteroatoms. The van der Waals surface area contributed by atoms with Crippen LogP contribution in [0.4, 0.5) is 0 Å². The number of fused-ring (bicyclic) bond motifs is 2. The third-order valence-corrected chi connectivity index (χ3v) is 3.99. The molecule has 0 saturated carbocycles. The Kier molecular flexibility index (Phi) is 4.92. The first-order valence-electron chi connectivity index (χ1n) is 7.59. The van der Waals surface area contributed by atoms with Crippen LogP contribution in [-0.2, 0) is 9.53 Å². The molecule has 0 aliphatic carbocycles. The van der Waals surface area contributed by atoms with E-state index in [-0.39, 0.29) is 18.6 Å². The van der Waals surface area contributed by atoms with Crippen molar-refractivity contribution in [1.82, 2.24) is 0 Å². The molecule has 0 fully saturated rings. The van der Waals surface area contributed by atoms with Crippen LogP contribution in [0.3, 0.4) is 0 Å². The van der Waals surface area contributed by atoms with Crippen molar-refractivity contribution in [2.75, 3.05) is 13.2 Å². The molecule has 3 rings (SSSR count). The van der Waals surface area contributed by atoms with E-state index < -0.39 is 12.1 Å². The summed E-state index contributed by atoms with van der Waals surface area (Å²) < 4.78 is 16.4. The van der Waals surface area contributed by atoms with Crippen LogP contribution in [-0.4, -0.2) is 30.4 Å². The van der Waals surface area contributed by atoms with Crippen molar-refractivity contribution >= 4 is 39.5 Å². The molecule has 0 spiro atoms. The largest absolute Gasteiger partial charge is 0.491 e. The van der Waals surface area contributed by atoms with Crippen LogP contribution in [0, 0.1) is 0 Å². The summed E-state index contributed by atoms with van der Waals surface area (Å²) in [7, 11) is 0. The number of ether oxygens (including phenoxy) is 2. The van der Waals surface area contributed by atoms with E-state index in [9.17, 15) is 9.59 Å². The van der Waals surface area contributed by atoms with Gasteiger partial charge in [0.05, 0.1) is 22.4 Å². The van der Waals surface area contributed by atoms with E-state index in [0.29, 0.717) is 32.7 Å². The number of hydrogen-bond donors (Lipinski definition) is 1. The maximum Gasteiger partial charge on any atom is 0.332 e. The monoisotopic (exact) mass is 362 g/mol. The molecule has 130 valence electrons. The van der Waals surface area contributed by atoms with Gasteiger partial charge in [-0.3, -0.25) is 4.79 Å². The maximum absolute atomic E-state index is 12.5. The molecule has 2 aromatic carbocycles. The minimum absolute atomic E-state index is 0.124. The Balaban J connectivity index is 1.82. The Morgan fingerprint density at radius 1 is 1.24 bits per heavy atom. The zero-order valence-corrected chi connectivity index (χ0v) is 14.1. The van der Waals surface area contributed by atoms with Gasteiger partial charge in [-0.2, -0.15) is 0 Å². The van der Waals surface area contributed by atoms with Crippen molar-refractivity contribution in [1.29, 1.82) is 0 Å². The van der Waals surface area contributed by atoms with Gasteiger partial charge in [-0.25, -0.2) is 4.79 Å². The van der Waals surface area contributed by atoms with Gasteiger partial charge in [0.2, 0.25) is 5.43 Å². The van der Waals surface area contributed by atoms with E-state index in [1.54, 1.807) is 36.4 Å². The predicted molar refractivity (Wildman–Crippen MR) is 93.5 cm³/mol. The van der Waals surface area contributed by atoms with Crippen molar-refractivity contribution < 1.29 is 23.8 Å². The minimum atomic E-state index is -1.03. The molecular weight excluding hydrogens is 348 g/mol. The molecule has 1 aromatic heterocycles. The number of carboxylic acid groups (broad SMARTS) is 1. The summed E-state index contributed by atoms with van der Waals surface area (Å²) in [5, 5.41) is 9.94. The lowest BCUT2D eigenvalue weighted by molar-refractivity contribution is -0.149. The molecule has 1 heterocycles. The number of rotatable bonds is 6. The number of para-hydroxylation sites is 1.